The van der Waals surface area contributed by atoms with Crippen LogP contribution in [0, 0.1) is 5.92 Å². The second kappa shape index (κ2) is 9.23. The molecule has 0 rings (SSSR count). The van der Waals surface area contributed by atoms with E-state index in [1.54, 1.807) is 6.08 Å². The Balaban J connectivity index is 3.58. The molecule has 3 amide bonds. The Morgan fingerprint density at radius 3 is 2.81 bits per heavy atom. The summed E-state index contributed by atoms with van der Waals surface area (Å²) in [5.74, 6) is 1.17. The van der Waals surface area contributed by atoms with E-state index in [9.17, 15) is 9.59 Å². The number of hydrogen-bond donors (Lipinski definition) is 3. The van der Waals surface area contributed by atoms with Crippen LogP contribution in [0.5, 0.6) is 0 Å². The van der Waals surface area contributed by atoms with Crippen molar-refractivity contribution in [2.24, 2.45) is 11.7 Å². The lowest BCUT2D eigenvalue weighted by molar-refractivity contribution is -0.117. The lowest BCUT2D eigenvalue weighted by Crippen LogP contribution is -2.40. The van der Waals surface area contributed by atoms with Crippen molar-refractivity contribution in [3.8, 4) is 0 Å². The zero-order chi connectivity index (χ0) is 12.4. The van der Waals surface area contributed by atoms with Gasteiger partial charge < -0.3 is 11.1 Å². The SMILES string of the molecule is C=CCNC(=O)NC(=O)CSCC(C)CN. The van der Waals surface area contributed by atoms with Crippen molar-refractivity contribution in [1.82, 2.24) is 10.6 Å². The first kappa shape index (κ1) is 15.0. The van der Waals surface area contributed by atoms with Crippen molar-refractivity contribution in [3.63, 3.8) is 0 Å². The first-order valence-corrected chi connectivity index (χ1v) is 6.22. The minimum absolute atomic E-state index is 0.270. The second-order valence-electron chi connectivity index (χ2n) is 3.40. The van der Waals surface area contributed by atoms with Crippen LogP contribution in [0.1, 0.15) is 6.92 Å². The first-order valence-electron chi connectivity index (χ1n) is 5.06. The van der Waals surface area contributed by atoms with Gasteiger partial charge in [0.05, 0.1) is 5.75 Å². The van der Waals surface area contributed by atoms with Gasteiger partial charge in [0.2, 0.25) is 5.91 Å². The van der Waals surface area contributed by atoms with Crippen LogP contribution < -0.4 is 16.4 Å². The predicted octanol–water partition coefficient (Wildman–Crippen LogP) is 0.326. The summed E-state index contributed by atoms with van der Waals surface area (Å²) < 4.78 is 0. The van der Waals surface area contributed by atoms with Crippen molar-refractivity contribution in [2.75, 3.05) is 24.6 Å². The maximum Gasteiger partial charge on any atom is 0.321 e. The highest BCUT2D eigenvalue weighted by atomic mass is 32.2. The highest BCUT2D eigenvalue weighted by Crippen LogP contribution is 2.06. The number of amides is 3. The Morgan fingerprint density at radius 1 is 1.56 bits per heavy atom. The van der Waals surface area contributed by atoms with Gasteiger partial charge in [-0.15, -0.1) is 6.58 Å². The molecule has 0 aliphatic carbocycles. The predicted molar refractivity (Wildman–Crippen MR) is 67.3 cm³/mol. The molecule has 0 fully saturated rings. The van der Waals surface area contributed by atoms with E-state index < -0.39 is 6.03 Å². The molecule has 0 saturated heterocycles. The quantitative estimate of drug-likeness (QED) is 0.564. The van der Waals surface area contributed by atoms with E-state index in [2.05, 4.69) is 17.2 Å². The Bertz CT molecular complexity index is 246. The topological polar surface area (TPSA) is 84.2 Å². The van der Waals surface area contributed by atoms with E-state index in [0.29, 0.717) is 19.0 Å². The van der Waals surface area contributed by atoms with Crippen LogP contribution in [0.25, 0.3) is 0 Å². The number of carbonyl (C=O) groups is 2. The fraction of sp³-hybridized carbons (Fsp3) is 0.600. The lowest BCUT2D eigenvalue weighted by atomic mass is 10.2. The van der Waals surface area contributed by atoms with Gasteiger partial charge in [0.15, 0.2) is 0 Å². The van der Waals surface area contributed by atoms with Crippen molar-refractivity contribution >= 4 is 23.7 Å². The summed E-state index contributed by atoms with van der Waals surface area (Å²) in [5, 5.41) is 4.67. The molecule has 1 unspecified atom stereocenters. The Kier molecular flexibility index (Phi) is 8.65. The van der Waals surface area contributed by atoms with Crippen LogP contribution >= 0.6 is 11.8 Å². The van der Waals surface area contributed by atoms with Crippen molar-refractivity contribution < 1.29 is 9.59 Å². The molecule has 92 valence electrons. The summed E-state index contributed by atoms with van der Waals surface area (Å²) in [6, 6.07) is -0.489. The molecule has 0 aliphatic heterocycles. The van der Waals surface area contributed by atoms with Crippen LogP contribution in [0.3, 0.4) is 0 Å². The summed E-state index contributed by atoms with van der Waals surface area (Å²) >= 11 is 1.47. The molecule has 6 heteroatoms. The number of nitrogens with two attached hydrogens (primary N) is 1. The highest BCUT2D eigenvalue weighted by molar-refractivity contribution is 7.99. The van der Waals surface area contributed by atoms with Gasteiger partial charge in [-0.2, -0.15) is 11.8 Å². The van der Waals surface area contributed by atoms with E-state index in [4.69, 9.17) is 5.73 Å². The van der Waals surface area contributed by atoms with Gasteiger partial charge in [0.1, 0.15) is 0 Å². The Labute approximate surface area is 100 Å². The summed E-state index contributed by atoms with van der Waals surface area (Å²) in [7, 11) is 0. The number of thioether (sulfide) groups is 1. The Morgan fingerprint density at radius 2 is 2.25 bits per heavy atom. The molecule has 0 aliphatic rings. The number of nitrogens with one attached hydrogen (secondary N) is 2. The molecule has 0 aromatic carbocycles. The standard InChI is InChI=1S/C10H19N3O2S/c1-3-4-12-10(15)13-9(14)7-16-6-8(2)5-11/h3,8H,1,4-7,11H2,2H3,(H2,12,13,14,15). The van der Waals surface area contributed by atoms with Gasteiger partial charge in [-0.05, 0) is 18.2 Å². The number of hydrogen-bond acceptors (Lipinski definition) is 4. The number of carbonyl (C=O) groups excluding carboxylic acids is 2. The third-order valence-corrected chi connectivity index (χ3v) is 2.97. The monoisotopic (exact) mass is 245 g/mol. The van der Waals surface area contributed by atoms with E-state index in [1.807, 2.05) is 6.92 Å². The lowest BCUT2D eigenvalue weighted by Gasteiger charge is -2.07. The molecule has 0 bridgehead atoms. The average molecular weight is 245 g/mol. The molecule has 0 radical (unpaired) electrons. The average Bonchev–Trinajstić information content (AvgIpc) is 2.25. The van der Waals surface area contributed by atoms with Gasteiger partial charge in [0, 0.05) is 6.54 Å². The first-order chi connectivity index (χ1) is 7.60. The van der Waals surface area contributed by atoms with Gasteiger partial charge in [-0.25, -0.2) is 4.79 Å². The fourth-order valence-corrected chi connectivity index (χ4v) is 1.71. The largest absolute Gasteiger partial charge is 0.334 e. The fourth-order valence-electron chi connectivity index (χ4n) is 0.793. The summed E-state index contributed by atoms with van der Waals surface area (Å²) in [6.07, 6.45) is 1.54. The van der Waals surface area contributed by atoms with E-state index in [-0.39, 0.29) is 11.7 Å². The Hall–Kier alpha value is -1.01. The second-order valence-corrected chi connectivity index (χ2v) is 4.43. The third-order valence-electron chi connectivity index (χ3n) is 1.70. The van der Waals surface area contributed by atoms with Crippen molar-refractivity contribution in [2.45, 2.75) is 6.92 Å². The van der Waals surface area contributed by atoms with Gasteiger partial charge in [-0.3, -0.25) is 10.1 Å². The van der Waals surface area contributed by atoms with Crippen LogP contribution in [-0.2, 0) is 4.79 Å². The summed E-state index contributed by atoms with van der Waals surface area (Å²) in [4.78, 5) is 22.3. The van der Waals surface area contributed by atoms with Gasteiger partial charge >= 0.3 is 6.03 Å². The van der Waals surface area contributed by atoms with E-state index >= 15 is 0 Å². The molecule has 0 aromatic heterocycles. The molecule has 0 saturated carbocycles. The minimum atomic E-state index is -0.489. The number of rotatable bonds is 7. The zero-order valence-electron chi connectivity index (χ0n) is 9.49. The van der Waals surface area contributed by atoms with Crippen LogP contribution in [-0.4, -0.2) is 36.5 Å². The summed E-state index contributed by atoms with van der Waals surface area (Å²) in [6.45, 7) is 6.41. The van der Waals surface area contributed by atoms with Crippen molar-refractivity contribution in [1.29, 1.82) is 0 Å². The maximum absolute atomic E-state index is 11.2. The van der Waals surface area contributed by atoms with E-state index in [1.165, 1.54) is 11.8 Å². The molecule has 0 spiro atoms. The van der Waals surface area contributed by atoms with Gasteiger partial charge in [0.25, 0.3) is 0 Å². The zero-order valence-corrected chi connectivity index (χ0v) is 10.3. The highest BCUT2D eigenvalue weighted by Gasteiger charge is 2.07. The smallest absolute Gasteiger partial charge is 0.321 e. The minimum Gasteiger partial charge on any atom is -0.334 e. The normalized spacial score (nSPS) is 11.6. The molecule has 5 nitrogen and oxygen atoms in total. The molecule has 16 heavy (non-hydrogen) atoms. The molecule has 4 N–H and O–H groups in total. The van der Waals surface area contributed by atoms with Crippen molar-refractivity contribution in [3.05, 3.63) is 12.7 Å². The van der Waals surface area contributed by atoms with E-state index in [0.717, 1.165) is 5.75 Å². The molecular weight excluding hydrogens is 226 g/mol. The van der Waals surface area contributed by atoms with Crippen LogP contribution in [0.15, 0.2) is 12.7 Å². The molecule has 1 atom stereocenters. The van der Waals surface area contributed by atoms with Crippen LogP contribution in [0.2, 0.25) is 0 Å². The molecule has 0 heterocycles. The van der Waals surface area contributed by atoms with Gasteiger partial charge in [-0.1, -0.05) is 13.0 Å². The number of imide groups is 1. The maximum atomic E-state index is 11.2. The molecule has 0 aromatic rings. The van der Waals surface area contributed by atoms with Crippen LogP contribution in [0.4, 0.5) is 4.79 Å². The third kappa shape index (κ3) is 8.31. The number of urea groups is 1. The molecular formula is C10H19N3O2S. The summed E-state index contributed by atoms with van der Waals surface area (Å²) in [5.41, 5.74) is 5.44.